The van der Waals surface area contributed by atoms with Crippen LogP contribution >= 0.6 is 11.6 Å². The van der Waals surface area contributed by atoms with Crippen molar-refractivity contribution in [3.05, 3.63) is 92.2 Å². The molecular weight excluding hydrogens is 404 g/mol. The Hall–Kier alpha value is -3.58. The van der Waals surface area contributed by atoms with E-state index in [0.29, 0.717) is 28.4 Å². The van der Waals surface area contributed by atoms with Gasteiger partial charge in [-0.05, 0) is 36.2 Å². The second kappa shape index (κ2) is 7.03. The quantitative estimate of drug-likeness (QED) is 0.446. The molecule has 0 amide bonds. The fraction of sp³-hybridized carbons (Fsp3) is 0.136. The fourth-order valence-electron chi connectivity index (χ4n) is 3.58. The molecule has 0 saturated heterocycles. The van der Waals surface area contributed by atoms with Crippen LogP contribution in [0.4, 0.5) is 0 Å². The number of aromatic nitrogens is 4. The summed E-state index contributed by atoms with van der Waals surface area (Å²) in [7, 11) is 1.61. The van der Waals surface area contributed by atoms with Crippen LogP contribution in [0.15, 0.2) is 74.8 Å². The minimum absolute atomic E-state index is 0.253. The fourth-order valence-corrected chi connectivity index (χ4v) is 3.71. The highest BCUT2D eigenvalue weighted by Gasteiger charge is 2.20. The summed E-state index contributed by atoms with van der Waals surface area (Å²) in [6, 6.07) is 16.9. The van der Waals surface area contributed by atoms with E-state index in [-0.39, 0.29) is 17.9 Å². The molecule has 5 aromatic rings. The van der Waals surface area contributed by atoms with Crippen molar-refractivity contribution in [2.24, 2.45) is 7.05 Å². The molecule has 0 aliphatic carbocycles. The number of oxazole rings is 1. The van der Waals surface area contributed by atoms with Crippen molar-refractivity contribution in [1.82, 2.24) is 18.5 Å². The van der Waals surface area contributed by atoms with Crippen molar-refractivity contribution in [2.45, 2.75) is 13.0 Å². The topological polar surface area (TPSA) is 74.4 Å². The summed E-state index contributed by atoms with van der Waals surface area (Å²) in [5.41, 5.74) is 1.68. The van der Waals surface area contributed by atoms with Crippen LogP contribution in [-0.2, 0) is 20.0 Å². The Morgan fingerprint density at radius 1 is 1.03 bits per heavy atom. The first-order valence-electron chi connectivity index (χ1n) is 9.44. The molecule has 0 N–H and O–H groups in total. The van der Waals surface area contributed by atoms with Gasteiger partial charge in [-0.2, -0.15) is 4.98 Å². The summed E-state index contributed by atoms with van der Waals surface area (Å²) in [6.07, 6.45) is 2.28. The highest BCUT2D eigenvalue weighted by molar-refractivity contribution is 6.30. The lowest BCUT2D eigenvalue weighted by Gasteiger charge is -2.08. The van der Waals surface area contributed by atoms with Gasteiger partial charge in [-0.25, -0.2) is 4.79 Å². The maximum Gasteiger partial charge on any atom is 0.332 e. The lowest BCUT2D eigenvalue weighted by molar-refractivity contribution is 0.601. The minimum Gasteiger partial charge on any atom is -0.423 e. The van der Waals surface area contributed by atoms with Crippen LogP contribution in [0.3, 0.4) is 0 Å². The molecule has 30 heavy (non-hydrogen) atoms. The van der Waals surface area contributed by atoms with Crippen LogP contribution in [0.2, 0.25) is 5.02 Å². The van der Waals surface area contributed by atoms with E-state index in [4.69, 9.17) is 16.0 Å². The zero-order chi connectivity index (χ0) is 20.8. The maximum atomic E-state index is 13.2. The second-order valence-corrected chi connectivity index (χ2v) is 7.51. The van der Waals surface area contributed by atoms with Gasteiger partial charge >= 0.3 is 11.5 Å². The van der Waals surface area contributed by atoms with Crippen molar-refractivity contribution < 1.29 is 4.42 Å². The normalized spacial score (nSPS) is 11.5. The van der Waals surface area contributed by atoms with Gasteiger partial charge in [0.05, 0.1) is 6.20 Å². The van der Waals surface area contributed by atoms with Crippen molar-refractivity contribution >= 4 is 28.6 Å². The number of fused-ring (bicyclic) bond motifs is 3. The first-order valence-corrected chi connectivity index (χ1v) is 9.82. The molecule has 150 valence electrons. The molecule has 0 radical (unpaired) electrons. The Kier molecular flexibility index (Phi) is 4.33. The van der Waals surface area contributed by atoms with Gasteiger partial charge in [0.1, 0.15) is 0 Å². The molecule has 0 atom stereocenters. The lowest BCUT2D eigenvalue weighted by Crippen LogP contribution is -2.39. The maximum absolute atomic E-state index is 13.2. The largest absolute Gasteiger partial charge is 0.423 e. The summed E-state index contributed by atoms with van der Waals surface area (Å²) in [5, 5.41) is 0.622. The lowest BCUT2D eigenvalue weighted by atomic mass is 10.1. The number of hydrogen-bond donors (Lipinski definition) is 0. The Morgan fingerprint density at radius 2 is 1.77 bits per heavy atom. The first kappa shape index (κ1) is 18.4. The molecule has 0 fully saturated rings. The summed E-state index contributed by atoms with van der Waals surface area (Å²) in [5.74, 6) is 0.808. The molecule has 5 rings (SSSR count). The molecule has 0 bridgehead atoms. The predicted octanol–water partition coefficient (Wildman–Crippen LogP) is 3.50. The van der Waals surface area contributed by atoms with Gasteiger partial charge < -0.3 is 4.42 Å². The molecular formula is C22H17ClN4O3. The van der Waals surface area contributed by atoms with Crippen LogP contribution in [0.5, 0.6) is 0 Å². The van der Waals surface area contributed by atoms with E-state index in [1.807, 2.05) is 42.5 Å². The van der Waals surface area contributed by atoms with E-state index < -0.39 is 5.69 Å². The minimum atomic E-state index is -0.401. The predicted molar refractivity (Wildman–Crippen MR) is 115 cm³/mol. The van der Waals surface area contributed by atoms with E-state index in [1.54, 1.807) is 29.8 Å². The zero-order valence-corrected chi connectivity index (χ0v) is 16.8. The third kappa shape index (κ3) is 2.95. The molecule has 3 aromatic heterocycles. The van der Waals surface area contributed by atoms with E-state index in [9.17, 15) is 9.59 Å². The molecule has 7 nitrogen and oxygen atoms in total. The number of nitrogens with zero attached hydrogens (tertiary/aromatic N) is 4. The highest BCUT2D eigenvalue weighted by atomic mass is 35.5. The molecule has 0 spiro atoms. The smallest absolute Gasteiger partial charge is 0.332 e. The number of aryl methyl sites for hydroxylation is 2. The molecule has 8 heteroatoms. The van der Waals surface area contributed by atoms with Crippen molar-refractivity contribution in [1.29, 1.82) is 0 Å². The van der Waals surface area contributed by atoms with E-state index in [0.717, 1.165) is 11.1 Å². The SMILES string of the molecule is Cn1c(=O)n(CCc2ccccc2)c(=O)c2c1nc1oc(-c3ccc(Cl)cc3)cn12. The van der Waals surface area contributed by atoms with Crippen LogP contribution < -0.4 is 11.2 Å². The summed E-state index contributed by atoms with van der Waals surface area (Å²) < 4.78 is 10.1. The molecule has 0 aliphatic heterocycles. The Balaban J connectivity index is 1.65. The Bertz CT molecular complexity index is 1490. The highest BCUT2D eigenvalue weighted by Crippen LogP contribution is 2.25. The van der Waals surface area contributed by atoms with E-state index in [2.05, 4.69) is 4.98 Å². The van der Waals surface area contributed by atoms with Gasteiger partial charge in [0.2, 0.25) is 0 Å². The van der Waals surface area contributed by atoms with Crippen molar-refractivity contribution in [3.63, 3.8) is 0 Å². The van der Waals surface area contributed by atoms with Gasteiger partial charge in [0.25, 0.3) is 5.56 Å². The first-order chi connectivity index (χ1) is 14.5. The molecule has 3 heterocycles. The van der Waals surface area contributed by atoms with Gasteiger partial charge in [-0.15, -0.1) is 0 Å². The number of hydrogen-bond acceptors (Lipinski definition) is 4. The van der Waals surface area contributed by atoms with E-state index >= 15 is 0 Å². The Labute approximate surface area is 175 Å². The number of benzene rings is 2. The zero-order valence-electron chi connectivity index (χ0n) is 16.1. The molecule has 2 aromatic carbocycles. The number of halogens is 1. The summed E-state index contributed by atoms with van der Waals surface area (Å²) >= 11 is 5.95. The Morgan fingerprint density at radius 3 is 2.50 bits per heavy atom. The van der Waals surface area contributed by atoms with Crippen LogP contribution in [0, 0.1) is 0 Å². The summed E-state index contributed by atoms with van der Waals surface area (Å²) in [4.78, 5) is 30.4. The van der Waals surface area contributed by atoms with Crippen LogP contribution in [-0.4, -0.2) is 18.5 Å². The van der Waals surface area contributed by atoms with Gasteiger partial charge in [0.15, 0.2) is 16.9 Å². The van der Waals surface area contributed by atoms with E-state index in [1.165, 1.54) is 9.13 Å². The molecule has 0 unspecified atom stereocenters. The second-order valence-electron chi connectivity index (χ2n) is 7.07. The van der Waals surface area contributed by atoms with Gasteiger partial charge in [0, 0.05) is 24.2 Å². The van der Waals surface area contributed by atoms with Crippen LogP contribution in [0.25, 0.3) is 28.3 Å². The number of rotatable bonds is 4. The molecule has 0 aliphatic rings. The van der Waals surface area contributed by atoms with Crippen molar-refractivity contribution in [2.75, 3.05) is 0 Å². The van der Waals surface area contributed by atoms with Gasteiger partial charge in [-0.1, -0.05) is 41.9 Å². The average Bonchev–Trinajstić information content (AvgIpc) is 3.32. The van der Waals surface area contributed by atoms with Crippen LogP contribution in [0.1, 0.15) is 5.56 Å². The van der Waals surface area contributed by atoms with Gasteiger partial charge in [-0.3, -0.25) is 18.3 Å². The van der Waals surface area contributed by atoms with Crippen molar-refractivity contribution in [3.8, 4) is 11.3 Å². The average molecular weight is 421 g/mol. The number of imidazole rings is 1. The molecule has 0 saturated carbocycles. The third-order valence-corrected chi connectivity index (χ3v) is 5.44. The standard InChI is InChI=1S/C22H17ClN4O3/c1-25-19-18(20(28)26(22(25)29)12-11-14-5-3-2-4-6-14)27-13-17(30-21(27)24-19)15-7-9-16(23)10-8-15/h2-10,13H,11-12H2,1H3. The monoisotopic (exact) mass is 420 g/mol. The summed E-state index contributed by atoms with van der Waals surface area (Å²) in [6.45, 7) is 0.278. The third-order valence-electron chi connectivity index (χ3n) is 5.19.